The van der Waals surface area contributed by atoms with Gasteiger partial charge < -0.3 is 14.5 Å². The lowest BCUT2D eigenvalue weighted by Gasteiger charge is -2.13. The van der Waals surface area contributed by atoms with Crippen LogP contribution >= 0.6 is 8.25 Å². The molecule has 0 aliphatic heterocycles. The van der Waals surface area contributed by atoms with Crippen molar-refractivity contribution in [3.63, 3.8) is 0 Å². The van der Waals surface area contributed by atoms with Gasteiger partial charge in [0, 0.05) is 22.2 Å². The predicted octanol–water partition coefficient (Wildman–Crippen LogP) is 6.17. The molecule has 0 radical (unpaired) electrons. The van der Waals surface area contributed by atoms with Crippen LogP contribution in [0.4, 0.5) is 0 Å². The molecule has 1 aromatic heterocycles. The summed E-state index contributed by atoms with van der Waals surface area (Å²) in [4.78, 5) is 8.66. The maximum atomic E-state index is 10.5. The summed E-state index contributed by atoms with van der Waals surface area (Å²) < 4.78 is 26.7. The van der Waals surface area contributed by atoms with Crippen LogP contribution in [0.15, 0.2) is 59.4 Å². The lowest BCUT2D eigenvalue weighted by atomic mass is 9.96. The summed E-state index contributed by atoms with van der Waals surface area (Å²) >= 11 is 0. The van der Waals surface area contributed by atoms with Gasteiger partial charge in [0.1, 0.15) is 12.4 Å². The standard InChI is InChI=1S/C28H33N2O5P/c1-21(2)15-24-8-6-22(16-26(24)18-29)5-3-12-34-28-9-7-23(17-27(28)25-10-14-33-20-25)19-30-11-4-13-35-36(31)32/h6-10,14,16-17,20-21,30H,3-5,11-13,15,19H2,1-2H3/p+1. The molecule has 8 heteroatoms. The van der Waals surface area contributed by atoms with E-state index in [-0.39, 0.29) is 6.61 Å². The van der Waals surface area contributed by atoms with Gasteiger partial charge in [-0.05, 0) is 79.1 Å². The fraction of sp³-hybridized carbons (Fsp3) is 0.393. The van der Waals surface area contributed by atoms with Crippen molar-refractivity contribution < 1.29 is 23.1 Å². The van der Waals surface area contributed by atoms with E-state index >= 15 is 0 Å². The molecule has 0 aliphatic carbocycles. The highest BCUT2D eigenvalue weighted by Gasteiger charge is 2.12. The summed E-state index contributed by atoms with van der Waals surface area (Å²) in [6, 6.07) is 16.6. The highest BCUT2D eigenvalue weighted by Crippen LogP contribution is 2.32. The van der Waals surface area contributed by atoms with Crippen molar-refractivity contribution in [1.82, 2.24) is 5.32 Å². The molecule has 0 bridgehead atoms. The molecule has 1 atom stereocenters. The molecule has 0 saturated carbocycles. The fourth-order valence-corrected chi connectivity index (χ4v) is 4.27. The van der Waals surface area contributed by atoms with E-state index in [0.717, 1.165) is 58.4 Å². The lowest BCUT2D eigenvalue weighted by Crippen LogP contribution is -2.16. The van der Waals surface area contributed by atoms with Gasteiger partial charge in [-0.25, -0.2) is 0 Å². The minimum absolute atomic E-state index is 0.242. The zero-order valence-corrected chi connectivity index (χ0v) is 21.8. The average molecular weight is 510 g/mol. The third-order valence-corrected chi connectivity index (χ3v) is 6.10. The number of nitriles is 1. The number of furan rings is 1. The van der Waals surface area contributed by atoms with Crippen LogP contribution in [0.5, 0.6) is 5.75 Å². The summed E-state index contributed by atoms with van der Waals surface area (Å²) in [7, 11) is -2.53. The van der Waals surface area contributed by atoms with E-state index in [9.17, 15) is 9.83 Å². The van der Waals surface area contributed by atoms with E-state index in [0.29, 0.717) is 32.0 Å². The Morgan fingerprint density at radius 1 is 1.11 bits per heavy atom. The van der Waals surface area contributed by atoms with Crippen LogP contribution in [0.1, 0.15) is 48.9 Å². The second-order valence-electron chi connectivity index (χ2n) is 9.10. The summed E-state index contributed by atoms with van der Waals surface area (Å²) in [5.41, 5.74) is 6.04. The minimum atomic E-state index is -2.53. The van der Waals surface area contributed by atoms with Crippen molar-refractivity contribution >= 4 is 8.25 Å². The third-order valence-electron chi connectivity index (χ3n) is 5.70. The van der Waals surface area contributed by atoms with Crippen LogP contribution in [0.2, 0.25) is 0 Å². The molecule has 0 fully saturated rings. The molecule has 2 N–H and O–H groups in total. The SMILES string of the molecule is CC(C)Cc1ccc(CCCOc2ccc(CNCCCO[P+](=O)O)cc2-c2ccoc2)cc1C#N. The Labute approximate surface area is 214 Å². The van der Waals surface area contributed by atoms with Gasteiger partial charge in [-0.1, -0.05) is 32.0 Å². The first-order valence-corrected chi connectivity index (χ1v) is 13.4. The number of benzene rings is 2. The first-order valence-electron chi connectivity index (χ1n) is 12.3. The van der Waals surface area contributed by atoms with E-state index in [1.165, 1.54) is 0 Å². The molecular weight excluding hydrogens is 475 g/mol. The Balaban J connectivity index is 1.55. The Morgan fingerprint density at radius 3 is 2.67 bits per heavy atom. The Kier molecular flexibility index (Phi) is 11.1. The smallest absolute Gasteiger partial charge is 0.493 e. The molecular formula is C28H34N2O5P+. The number of hydrogen-bond donors (Lipinski definition) is 2. The van der Waals surface area contributed by atoms with Gasteiger partial charge >= 0.3 is 8.25 Å². The number of rotatable bonds is 15. The number of nitrogens with one attached hydrogen (secondary N) is 1. The second kappa shape index (κ2) is 14.5. The van der Waals surface area contributed by atoms with Gasteiger partial charge in [0.2, 0.25) is 0 Å². The van der Waals surface area contributed by atoms with Crippen LogP contribution in [0.3, 0.4) is 0 Å². The first-order chi connectivity index (χ1) is 17.5. The molecule has 190 valence electrons. The summed E-state index contributed by atoms with van der Waals surface area (Å²) in [5, 5.41) is 12.8. The topological polar surface area (TPSA) is 105 Å². The zero-order chi connectivity index (χ0) is 25.8. The molecule has 36 heavy (non-hydrogen) atoms. The molecule has 0 amide bonds. The molecule has 2 aromatic carbocycles. The van der Waals surface area contributed by atoms with Gasteiger partial charge in [0.15, 0.2) is 0 Å². The van der Waals surface area contributed by atoms with E-state index < -0.39 is 8.25 Å². The molecule has 0 saturated heterocycles. The molecule has 3 rings (SSSR count). The third kappa shape index (κ3) is 8.89. The number of ether oxygens (including phenoxy) is 1. The summed E-state index contributed by atoms with van der Waals surface area (Å²) in [6.45, 7) is 6.46. The first kappa shape index (κ1) is 27.6. The van der Waals surface area contributed by atoms with Crippen molar-refractivity contribution in [1.29, 1.82) is 5.26 Å². The van der Waals surface area contributed by atoms with Crippen LogP contribution in [0, 0.1) is 17.2 Å². The lowest BCUT2D eigenvalue weighted by molar-refractivity contribution is 0.276. The summed E-state index contributed by atoms with van der Waals surface area (Å²) in [6.07, 6.45) is 6.58. The van der Waals surface area contributed by atoms with E-state index in [2.05, 4.69) is 48.0 Å². The van der Waals surface area contributed by atoms with E-state index in [1.54, 1.807) is 12.5 Å². The van der Waals surface area contributed by atoms with E-state index in [4.69, 9.17) is 14.0 Å². The second-order valence-corrected chi connectivity index (χ2v) is 9.83. The highest BCUT2D eigenvalue weighted by atomic mass is 31.1. The Bertz CT molecular complexity index is 1160. The molecule has 0 spiro atoms. The van der Waals surface area contributed by atoms with Crippen molar-refractivity contribution in [2.45, 2.75) is 46.1 Å². The zero-order valence-electron chi connectivity index (χ0n) is 20.9. The molecule has 7 nitrogen and oxygen atoms in total. The van der Waals surface area contributed by atoms with Gasteiger partial charge in [0.25, 0.3) is 0 Å². The van der Waals surface area contributed by atoms with Crippen molar-refractivity contribution in [3.05, 3.63) is 77.2 Å². The Hall–Kier alpha value is -3.01. The van der Waals surface area contributed by atoms with Crippen LogP contribution in [0.25, 0.3) is 11.1 Å². The molecule has 1 heterocycles. The predicted molar refractivity (Wildman–Crippen MR) is 140 cm³/mol. The van der Waals surface area contributed by atoms with E-state index in [1.807, 2.05) is 24.3 Å². The number of aryl methyl sites for hydroxylation is 1. The largest absolute Gasteiger partial charge is 0.694 e. The number of nitrogens with zero attached hydrogens (tertiary/aromatic N) is 1. The number of hydrogen-bond acceptors (Lipinski definition) is 6. The molecule has 0 aliphatic rings. The fourth-order valence-electron chi connectivity index (χ4n) is 3.99. The van der Waals surface area contributed by atoms with Crippen LogP contribution < -0.4 is 10.1 Å². The van der Waals surface area contributed by atoms with Gasteiger partial charge in [-0.15, -0.1) is 9.42 Å². The van der Waals surface area contributed by atoms with Crippen molar-refractivity contribution in [2.24, 2.45) is 5.92 Å². The van der Waals surface area contributed by atoms with Gasteiger partial charge in [-0.2, -0.15) is 5.26 Å². The maximum absolute atomic E-state index is 10.5. The summed E-state index contributed by atoms with van der Waals surface area (Å²) in [5.74, 6) is 1.31. The minimum Gasteiger partial charge on any atom is -0.493 e. The normalized spacial score (nSPS) is 11.5. The molecule has 3 aromatic rings. The van der Waals surface area contributed by atoms with Crippen LogP contribution in [-0.2, 0) is 28.5 Å². The van der Waals surface area contributed by atoms with Crippen molar-refractivity contribution in [2.75, 3.05) is 19.8 Å². The monoisotopic (exact) mass is 509 g/mol. The van der Waals surface area contributed by atoms with Crippen LogP contribution in [-0.4, -0.2) is 24.7 Å². The maximum Gasteiger partial charge on any atom is 0.694 e. The Morgan fingerprint density at radius 2 is 1.94 bits per heavy atom. The molecule has 1 unspecified atom stereocenters. The van der Waals surface area contributed by atoms with Crippen molar-refractivity contribution in [3.8, 4) is 22.9 Å². The van der Waals surface area contributed by atoms with Gasteiger partial charge in [0.05, 0.1) is 30.8 Å². The average Bonchev–Trinajstić information content (AvgIpc) is 3.39. The highest BCUT2D eigenvalue weighted by molar-refractivity contribution is 7.32. The van der Waals surface area contributed by atoms with Gasteiger partial charge in [-0.3, -0.25) is 0 Å². The quantitative estimate of drug-likeness (QED) is 0.186.